The van der Waals surface area contributed by atoms with Crippen molar-refractivity contribution in [3.8, 4) is 0 Å². The number of amides is 1. The summed E-state index contributed by atoms with van der Waals surface area (Å²) in [5, 5.41) is 7.83. The lowest BCUT2D eigenvalue weighted by molar-refractivity contribution is -0.115. The summed E-state index contributed by atoms with van der Waals surface area (Å²) in [4.78, 5) is 15.7. The second-order valence-electron chi connectivity index (χ2n) is 3.98. The first kappa shape index (κ1) is 15.2. The molecule has 0 radical (unpaired) electrons. The van der Waals surface area contributed by atoms with Crippen LogP contribution in [-0.2, 0) is 4.79 Å². The maximum Gasteiger partial charge on any atom is 0.237 e. The van der Waals surface area contributed by atoms with Gasteiger partial charge in [0.2, 0.25) is 17.0 Å². The minimum Gasteiger partial charge on any atom is -0.368 e. The van der Waals surface area contributed by atoms with E-state index in [1.807, 2.05) is 0 Å². The second-order valence-corrected chi connectivity index (χ2v) is 5.28. The number of hydrogen-bond donors (Lipinski definition) is 3. The van der Waals surface area contributed by atoms with Crippen LogP contribution in [0.3, 0.4) is 0 Å². The van der Waals surface area contributed by atoms with Gasteiger partial charge < -0.3 is 11.1 Å². The highest BCUT2D eigenvalue weighted by Gasteiger charge is 2.20. The van der Waals surface area contributed by atoms with Crippen LogP contribution in [0.15, 0.2) is 17.3 Å². The Labute approximate surface area is 121 Å². The molecule has 21 heavy (non-hydrogen) atoms. The van der Waals surface area contributed by atoms with Crippen LogP contribution in [0, 0.1) is 17.5 Å². The van der Waals surface area contributed by atoms with E-state index < -0.39 is 34.3 Å². The van der Waals surface area contributed by atoms with Gasteiger partial charge in [0.1, 0.15) is 0 Å². The summed E-state index contributed by atoms with van der Waals surface area (Å²) in [6.07, 6.45) is 0. The third-order valence-electron chi connectivity index (χ3n) is 2.43. The van der Waals surface area contributed by atoms with Gasteiger partial charge in [-0.2, -0.15) is 4.98 Å². The fraction of sp³-hybridized carbons (Fsp3) is 0.182. The zero-order chi connectivity index (χ0) is 15.6. The zero-order valence-electron chi connectivity index (χ0n) is 10.7. The first-order valence-corrected chi connectivity index (χ1v) is 6.55. The van der Waals surface area contributed by atoms with E-state index in [9.17, 15) is 18.0 Å². The maximum atomic E-state index is 13.4. The Hall–Kier alpha value is -2.23. The molecular formula is C11H10F3N5OS. The summed E-state index contributed by atoms with van der Waals surface area (Å²) in [6, 6.07) is 1.66. The van der Waals surface area contributed by atoms with E-state index in [0.717, 1.165) is 23.9 Å². The fourth-order valence-electron chi connectivity index (χ4n) is 1.38. The smallest absolute Gasteiger partial charge is 0.237 e. The summed E-state index contributed by atoms with van der Waals surface area (Å²) >= 11 is 0.969. The van der Waals surface area contributed by atoms with Crippen molar-refractivity contribution in [1.82, 2.24) is 15.2 Å². The maximum absolute atomic E-state index is 13.4. The molecule has 4 N–H and O–H groups in total. The number of benzene rings is 1. The Morgan fingerprint density at radius 2 is 2.10 bits per heavy atom. The van der Waals surface area contributed by atoms with Gasteiger partial charge in [-0.1, -0.05) is 11.8 Å². The summed E-state index contributed by atoms with van der Waals surface area (Å²) in [7, 11) is 0. The molecule has 0 aliphatic rings. The summed E-state index contributed by atoms with van der Waals surface area (Å²) in [5.41, 5.74) is 4.89. The van der Waals surface area contributed by atoms with E-state index in [1.54, 1.807) is 0 Å². The topological polar surface area (TPSA) is 96.7 Å². The highest BCUT2D eigenvalue weighted by Crippen LogP contribution is 2.23. The Bertz CT molecular complexity index is 678. The third-order valence-corrected chi connectivity index (χ3v) is 3.39. The second kappa shape index (κ2) is 6.04. The minimum absolute atomic E-state index is 0.0942. The number of rotatable bonds is 4. The number of nitrogens with two attached hydrogens (primary N) is 1. The van der Waals surface area contributed by atoms with E-state index in [2.05, 4.69) is 20.5 Å². The normalized spacial score (nSPS) is 12.2. The lowest BCUT2D eigenvalue weighted by Gasteiger charge is -2.11. The lowest BCUT2D eigenvalue weighted by atomic mass is 10.2. The van der Waals surface area contributed by atoms with Crippen LogP contribution in [0.1, 0.15) is 6.92 Å². The summed E-state index contributed by atoms with van der Waals surface area (Å²) in [5.74, 6) is -4.95. The Balaban J connectivity index is 2.05. The van der Waals surface area contributed by atoms with Crippen molar-refractivity contribution in [3.63, 3.8) is 0 Å². The van der Waals surface area contributed by atoms with Crippen LogP contribution in [0.2, 0.25) is 0 Å². The van der Waals surface area contributed by atoms with Crippen LogP contribution >= 0.6 is 11.8 Å². The highest BCUT2D eigenvalue weighted by atomic mass is 32.2. The van der Waals surface area contributed by atoms with Gasteiger partial charge in [0.05, 0.1) is 10.9 Å². The number of aromatic nitrogens is 3. The SMILES string of the molecule is CC(Sc1n[nH]c(N)n1)C(=O)Nc1ccc(F)c(F)c1F. The third kappa shape index (κ3) is 3.45. The molecule has 1 amide bonds. The average molecular weight is 317 g/mol. The molecule has 1 unspecified atom stereocenters. The monoisotopic (exact) mass is 317 g/mol. The van der Waals surface area contributed by atoms with E-state index in [-0.39, 0.29) is 11.1 Å². The number of carbonyl (C=O) groups is 1. The number of nitrogen functional groups attached to an aromatic ring is 1. The standard InChI is InChI=1S/C11H10F3N5OS/c1-4(21-11-17-10(15)18-19-11)9(20)16-6-3-2-5(12)7(13)8(6)14/h2-4H,1H3,(H,16,20)(H3,15,17,18,19). The fourth-order valence-corrected chi connectivity index (χ4v) is 2.11. The molecule has 2 rings (SSSR count). The molecule has 10 heteroatoms. The lowest BCUT2D eigenvalue weighted by Crippen LogP contribution is -2.23. The van der Waals surface area contributed by atoms with E-state index in [1.165, 1.54) is 6.92 Å². The van der Waals surface area contributed by atoms with Gasteiger partial charge in [-0.25, -0.2) is 18.3 Å². The van der Waals surface area contributed by atoms with Crippen molar-refractivity contribution in [3.05, 3.63) is 29.6 Å². The van der Waals surface area contributed by atoms with Gasteiger partial charge in [0.25, 0.3) is 0 Å². The van der Waals surface area contributed by atoms with E-state index in [0.29, 0.717) is 0 Å². The number of nitrogens with zero attached hydrogens (tertiary/aromatic N) is 2. The molecule has 1 aromatic carbocycles. The molecule has 112 valence electrons. The van der Waals surface area contributed by atoms with Crippen LogP contribution in [0.25, 0.3) is 0 Å². The minimum atomic E-state index is -1.64. The molecule has 0 spiro atoms. The molecule has 6 nitrogen and oxygen atoms in total. The molecule has 1 aromatic heterocycles. The van der Waals surface area contributed by atoms with Crippen molar-refractivity contribution in [2.75, 3.05) is 11.1 Å². The van der Waals surface area contributed by atoms with Gasteiger partial charge in [-0.3, -0.25) is 4.79 Å². The number of thioether (sulfide) groups is 1. The van der Waals surface area contributed by atoms with E-state index >= 15 is 0 Å². The van der Waals surface area contributed by atoms with Gasteiger partial charge >= 0.3 is 0 Å². The van der Waals surface area contributed by atoms with Crippen molar-refractivity contribution in [2.45, 2.75) is 17.3 Å². The number of H-pyrrole nitrogens is 1. The number of carbonyl (C=O) groups excluding carboxylic acids is 1. The molecule has 0 fully saturated rings. The Morgan fingerprint density at radius 1 is 1.38 bits per heavy atom. The average Bonchev–Trinajstić information content (AvgIpc) is 2.84. The molecule has 0 aliphatic carbocycles. The van der Waals surface area contributed by atoms with Gasteiger partial charge in [0, 0.05) is 0 Å². The molecule has 0 saturated heterocycles. The number of aromatic amines is 1. The summed E-state index contributed by atoms with van der Waals surface area (Å²) in [6.45, 7) is 1.52. The van der Waals surface area contributed by atoms with Crippen molar-refractivity contribution in [2.24, 2.45) is 0 Å². The molecular weight excluding hydrogens is 307 g/mol. The van der Waals surface area contributed by atoms with Crippen molar-refractivity contribution < 1.29 is 18.0 Å². The largest absolute Gasteiger partial charge is 0.368 e. The molecule has 0 saturated carbocycles. The number of halogens is 3. The number of hydrogen-bond acceptors (Lipinski definition) is 5. The van der Waals surface area contributed by atoms with Crippen LogP contribution < -0.4 is 11.1 Å². The molecule has 0 aliphatic heterocycles. The molecule has 1 atom stereocenters. The highest BCUT2D eigenvalue weighted by molar-refractivity contribution is 8.00. The Kier molecular flexibility index (Phi) is 4.36. The van der Waals surface area contributed by atoms with Gasteiger partial charge in [0.15, 0.2) is 17.5 Å². The van der Waals surface area contributed by atoms with Gasteiger partial charge in [-0.15, -0.1) is 5.10 Å². The first-order chi connectivity index (χ1) is 9.88. The van der Waals surface area contributed by atoms with Crippen LogP contribution in [0.4, 0.5) is 24.8 Å². The summed E-state index contributed by atoms with van der Waals surface area (Å²) < 4.78 is 39.3. The first-order valence-electron chi connectivity index (χ1n) is 5.67. The predicted octanol–water partition coefficient (Wildman–Crippen LogP) is 1.92. The van der Waals surface area contributed by atoms with Gasteiger partial charge in [-0.05, 0) is 19.1 Å². The quantitative estimate of drug-likeness (QED) is 0.591. The zero-order valence-corrected chi connectivity index (χ0v) is 11.5. The molecule has 2 aromatic rings. The molecule has 0 bridgehead atoms. The number of anilines is 2. The van der Waals surface area contributed by atoms with Crippen molar-refractivity contribution in [1.29, 1.82) is 0 Å². The van der Waals surface area contributed by atoms with Crippen molar-refractivity contribution >= 4 is 29.3 Å². The van der Waals surface area contributed by atoms with E-state index in [4.69, 9.17) is 5.73 Å². The number of nitrogens with one attached hydrogen (secondary N) is 2. The Morgan fingerprint density at radius 3 is 2.71 bits per heavy atom. The molecule has 1 heterocycles. The predicted molar refractivity (Wildman–Crippen MR) is 71.1 cm³/mol. The van der Waals surface area contributed by atoms with Crippen LogP contribution in [-0.4, -0.2) is 26.3 Å². The van der Waals surface area contributed by atoms with Crippen LogP contribution in [0.5, 0.6) is 0 Å².